The highest BCUT2D eigenvalue weighted by atomic mass is 19.1. The van der Waals surface area contributed by atoms with Crippen LogP contribution in [0.2, 0.25) is 0 Å². The van der Waals surface area contributed by atoms with E-state index in [9.17, 15) is 13.6 Å². The third kappa shape index (κ3) is 5.86. The quantitative estimate of drug-likeness (QED) is 0.532. The van der Waals surface area contributed by atoms with Gasteiger partial charge in [-0.3, -0.25) is 4.79 Å². The number of aromatic nitrogens is 2. The zero-order chi connectivity index (χ0) is 25.9. The van der Waals surface area contributed by atoms with E-state index in [2.05, 4.69) is 14.9 Å². The van der Waals surface area contributed by atoms with E-state index in [1.807, 2.05) is 6.92 Å². The predicted molar refractivity (Wildman–Crippen MR) is 132 cm³/mol. The molecule has 10 heteroatoms. The molecule has 0 bridgehead atoms. The number of carbonyl (C=O) groups is 1. The highest BCUT2D eigenvalue weighted by Gasteiger charge is 2.55. The van der Waals surface area contributed by atoms with Gasteiger partial charge in [0.2, 0.25) is 11.9 Å². The van der Waals surface area contributed by atoms with E-state index in [0.29, 0.717) is 36.7 Å². The Labute approximate surface area is 210 Å². The Bertz CT molecular complexity index is 1040. The Morgan fingerprint density at radius 2 is 1.78 bits per heavy atom. The molecule has 2 N–H and O–H groups in total. The maximum atomic E-state index is 14.4. The van der Waals surface area contributed by atoms with Crippen molar-refractivity contribution in [3.63, 3.8) is 0 Å². The van der Waals surface area contributed by atoms with Crippen molar-refractivity contribution in [2.75, 3.05) is 45.3 Å². The number of hydrogen-bond donors (Lipinski definition) is 1. The highest BCUT2D eigenvalue weighted by Crippen LogP contribution is 2.52. The molecule has 1 saturated heterocycles. The van der Waals surface area contributed by atoms with Crippen LogP contribution in [0, 0.1) is 23.5 Å². The zero-order valence-corrected chi connectivity index (χ0v) is 21.2. The molecule has 196 valence electrons. The lowest BCUT2D eigenvalue weighted by atomic mass is 9.86. The first-order valence-corrected chi connectivity index (χ1v) is 12.5. The van der Waals surface area contributed by atoms with Gasteiger partial charge in [0.25, 0.3) is 0 Å². The fraction of sp³-hybridized carbons (Fsp3) is 0.577. The maximum absolute atomic E-state index is 14.4. The molecule has 1 aliphatic carbocycles. The molecule has 1 saturated carbocycles. The van der Waals surface area contributed by atoms with Crippen LogP contribution in [-0.4, -0.2) is 66.7 Å². The van der Waals surface area contributed by atoms with Crippen LogP contribution in [0.15, 0.2) is 24.5 Å². The molecule has 2 atom stereocenters. The number of amides is 1. The number of benzene rings is 1. The molecule has 0 spiro atoms. The third-order valence-corrected chi connectivity index (χ3v) is 7.34. The summed E-state index contributed by atoms with van der Waals surface area (Å²) in [5.41, 5.74) is 6.28. The molecule has 2 aliphatic rings. The summed E-state index contributed by atoms with van der Waals surface area (Å²) in [6.07, 6.45) is 6.66. The van der Waals surface area contributed by atoms with Crippen molar-refractivity contribution < 1.29 is 23.0 Å². The van der Waals surface area contributed by atoms with E-state index < -0.39 is 11.6 Å². The van der Waals surface area contributed by atoms with Gasteiger partial charge in [0.05, 0.1) is 32.0 Å². The minimum Gasteiger partial charge on any atom is -0.493 e. The number of nitrogens with two attached hydrogens (primary N) is 1. The van der Waals surface area contributed by atoms with Gasteiger partial charge in [-0.2, -0.15) is 0 Å². The van der Waals surface area contributed by atoms with Gasteiger partial charge in [-0.1, -0.05) is 0 Å². The van der Waals surface area contributed by atoms with Crippen LogP contribution in [0.4, 0.5) is 14.7 Å². The number of nitrogens with zero attached hydrogens (tertiary/aromatic N) is 4. The summed E-state index contributed by atoms with van der Waals surface area (Å²) >= 11 is 0. The van der Waals surface area contributed by atoms with Crippen molar-refractivity contribution >= 4 is 11.9 Å². The standard InChI is InChI=1S/C26H35F2N5O3/c1-4-35-20-15-30-25(31-16-20)33-8-5-17(6-9-33)26(29)14-18(26)7-10-36-19-11-22(27)21(23(28)12-19)13-24(34)32(2)3/h11-12,15-18H,4-10,13-14,29H2,1-3H3. The third-order valence-electron chi connectivity index (χ3n) is 7.34. The molecule has 0 radical (unpaired) electrons. The van der Waals surface area contributed by atoms with Crippen molar-refractivity contribution in [2.45, 2.75) is 44.6 Å². The van der Waals surface area contributed by atoms with Gasteiger partial charge in [0.15, 0.2) is 5.75 Å². The van der Waals surface area contributed by atoms with E-state index >= 15 is 0 Å². The molecular weight excluding hydrogens is 468 g/mol. The van der Waals surface area contributed by atoms with Gasteiger partial charge < -0.3 is 25.0 Å². The summed E-state index contributed by atoms with van der Waals surface area (Å²) in [4.78, 5) is 24.1. The molecule has 8 nitrogen and oxygen atoms in total. The summed E-state index contributed by atoms with van der Waals surface area (Å²) in [5.74, 6) is 0.310. The number of anilines is 1. The summed E-state index contributed by atoms with van der Waals surface area (Å²) < 4.78 is 39.8. The Balaban J connectivity index is 1.23. The summed E-state index contributed by atoms with van der Waals surface area (Å²) in [5, 5.41) is 0. The first-order chi connectivity index (χ1) is 17.2. The molecule has 2 heterocycles. The largest absolute Gasteiger partial charge is 0.493 e. The second kappa shape index (κ2) is 10.9. The molecule has 1 aromatic heterocycles. The summed E-state index contributed by atoms with van der Waals surface area (Å²) in [7, 11) is 3.09. The van der Waals surface area contributed by atoms with Crippen LogP contribution in [0.25, 0.3) is 0 Å². The zero-order valence-electron chi connectivity index (χ0n) is 21.2. The molecule has 2 fully saturated rings. The minimum atomic E-state index is -0.775. The molecule has 4 rings (SSSR count). The minimum absolute atomic E-state index is 0.123. The van der Waals surface area contributed by atoms with E-state index in [4.69, 9.17) is 15.2 Å². The average molecular weight is 504 g/mol. The van der Waals surface area contributed by atoms with Crippen LogP contribution in [0.3, 0.4) is 0 Å². The summed E-state index contributed by atoms with van der Waals surface area (Å²) in [6.45, 7) is 4.53. The molecule has 1 aliphatic heterocycles. The van der Waals surface area contributed by atoms with Crippen LogP contribution in [0.5, 0.6) is 11.5 Å². The number of halogens is 2. The number of likely N-dealkylation sites (N-methyl/N-ethyl adjacent to an activating group) is 1. The second-order valence-corrected chi connectivity index (χ2v) is 9.89. The van der Waals surface area contributed by atoms with Crippen molar-refractivity contribution in [2.24, 2.45) is 17.6 Å². The average Bonchev–Trinajstić information content (AvgIpc) is 3.52. The van der Waals surface area contributed by atoms with E-state index in [-0.39, 0.29) is 29.2 Å². The monoisotopic (exact) mass is 503 g/mol. The van der Waals surface area contributed by atoms with Crippen LogP contribution in [-0.2, 0) is 11.2 Å². The Kier molecular flexibility index (Phi) is 7.92. The van der Waals surface area contributed by atoms with Crippen LogP contribution >= 0.6 is 0 Å². The number of piperidine rings is 1. The number of rotatable bonds is 10. The molecular formula is C26H35F2N5O3. The Morgan fingerprint density at radius 3 is 2.36 bits per heavy atom. The van der Waals surface area contributed by atoms with Gasteiger partial charge >= 0.3 is 0 Å². The van der Waals surface area contributed by atoms with Gasteiger partial charge in [-0.25, -0.2) is 18.7 Å². The molecule has 36 heavy (non-hydrogen) atoms. The normalized spacial score (nSPS) is 21.8. The first-order valence-electron chi connectivity index (χ1n) is 12.5. The second-order valence-electron chi connectivity index (χ2n) is 9.89. The van der Waals surface area contributed by atoms with Crippen LogP contribution in [0.1, 0.15) is 38.2 Å². The Morgan fingerprint density at radius 1 is 1.14 bits per heavy atom. The summed E-state index contributed by atoms with van der Waals surface area (Å²) in [6, 6.07) is 2.28. The van der Waals surface area contributed by atoms with E-state index in [1.54, 1.807) is 26.5 Å². The van der Waals surface area contributed by atoms with Crippen molar-refractivity contribution in [1.29, 1.82) is 0 Å². The fourth-order valence-electron chi connectivity index (χ4n) is 5.03. The lowest BCUT2D eigenvalue weighted by Crippen LogP contribution is -2.44. The smallest absolute Gasteiger partial charge is 0.226 e. The molecule has 2 unspecified atom stereocenters. The van der Waals surface area contributed by atoms with Gasteiger partial charge in [-0.15, -0.1) is 0 Å². The van der Waals surface area contributed by atoms with Crippen LogP contribution < -0.4 is 20.1 Å². The van der Waals surface area contributed by atoms with Crippen molar-refractivity contribution in [3.8, 4) is 11.5 Å². The van der Waals surface area contributed by atoms with E-state index in [0.717, 1.165) is 50.9 Å². The fourth-order valence-corrected chi connectivity index (χ4v) is 5.03. The highest BCUT2D eigenvalue weighted by molar-refractivity contribution is 5.78. The SMILES string of the molecule is CCOc1cnc(N2CCC(C3(N)CC3CCOc3cc(F)c(CC(=O)N(C)C)c(F)c3)CC2)nc1. The van der Waals surface area contributed by atoms with Gasteiger partial charge in [0, 0.05) is 50.4 Å². The number of carbonyl (C=O) groups excluding carboxylic acids is 1. The molecule has 1 aromatic carbocycles. The first kappa shape index (κ1) is 26.1. The lowest BCUT2D eigenvalue weighted by molar-refractivity contribution is -0.128. The number of ether oxygens (including phenoxy) is 2. The Hall–Kier alpha value is -3.01. The maximum Gasteiger partial charge on any atom is 0.226 e. The van der Waals surface area contributed by atoms with Gasteiger partial charge in [-0.05, 0) is 44.4 Å². The van der Waals surface area contributed by atoms with E-state index in [1.165, 1.54) is 4.90 Å². The number of hydrogen-bond acceptors (Lipinski definition) is 7. The van der Waals surface area contributed by atoms with Crippen molar-refractivity contribution in [3.05, 3.63) is 41.7 Å². The predicted octanol–water partition coefficient (Wildman–Crippen LogP) is 3.19. The molecule has 1 amide bonds. The molecule has 2 aromatic rings. The van der Waals surface area contributed by atoms with Gasteiger partial charge in [0.1, 0.15) is 17.4 Å². The van der Waals surface area contributed by atoms with Crippen molar-refractivity contribution in [1.82, 2.24) is 14.9 Å². The topological polar surface area (TPSA) is 93.8 Å². The lowest BCUT2D eigenvalue weighted by Gasteiger charge is -2.35.